The Kier molecular flexibility index (Phi) is 39.9. The molecule has 614 valence electrons. The van der Waals surface area contributed by atoms with E-state index in [1.807, 2.05) is 0 Å². The second-order valence-corrected chi connectivity index (χ2v) is 27.7. The summed E-state index contributed by atoms with van der Waals surface area (Å²) >= 11 is 34.9. The summed E-state index contributed by atoms with van der Waals surface area (Å²) < 4.78 is 51.6. The molecule has 7 N–H and O–H groups in total. The number of aryl methyl sites for hydroxylation is 1. The number of carboxylic acid groups (broad SMARTS) is 1. The fourth-order valence-electron chi connectivity index (χ4n) is 11.2. The molecular formula is C78H83Cl6F3N12O14S2. The van der Waals surface area contributed by atoms with E-state index in [2.05, 4.69) is 30.9 Å². The summed E-state index contributed by atoms with van der Waals surface area (Å²) in [6.07, 6.45) is 6.45. The SMILES string of the molecule is CN(C(=O)CCc1cccc(F)c1Cl)[C@@H](CCCN)COC(=O)Nc1ccc(Cl)cn1.CN(C(=O)NCc1cccc(F)c1Cl)[C@@H](CCCN1C(=O)c2ccccc2C1=O)COC(=O)Cc1ccc(Cl)cn1.CN(C(=O)NCc1cccc(F)c1Cl)[C@H](CO)CCCN1C(=O)c2ccccc2C1=O.O=C(O)c1ccc(Cl)cn1.S.S. The van der Waals surface area contributed by atoms with Crippen molar-refractivity contribution in [3.05, 3.63) is 256 Å². The third-order valence-electron chi connectivity index (χ3n) is 17.6. The Morgan fingerprint density at radius 1 is 0.513 bits per heavy atom. The van der Waals surface area contributed by atoms with Gasteiger partial charge in [-0.15, -0.1) is 0 Å². The Hall–Kier alpha value is -9.80. The monoisotopic (exact) mass is 1740 g/mol. The number of carbonyl (C=O) groups is 10. The number of urea groups is 2. The lowest BCUT2D eigenvalue weighted by molar-refractivity contribution is -0.144. The first-order chi connectivity index (χ1) is 54.0. The van der Waals surface area contributed by atoms with E-state index >= 15 is 0 Å². The van der Waals surface area contributed by atoms with Gasteiger partial charge in [0.1, 0.15) is 42.2 Å². The summed E-state index contributed by atoms with van der Waals surface area (Å²) in [7, 11) is 4.70. The standard InChI is InChI=1S/C29H27Cl2FN4O5.C22H23ClFN3O4.C21H25Cl2FN4O3.C6H4ClNO2.2H2S/c1-35(29(40)34-15-18-6-4-10-24(32)26(18)31)21(17-41-25(37)14-20-12-11-19(30)16-33-20)7-5-13-36-27(38)22-8-2-3-9-23(22)28(36)39;1-26(22(31)25-12-14-6-4-10-18(24)19(14)23)15(13-28)7-5-11-27-20(29)16-8-2-3-9-17(16)21(27)30;1-28(19(29)10-7-14-4-2-6-17(24)20(14)23)16(5-3-11-25)13-31-21(30)27-18-9-8-15(22)12-26-18;7-4-1-2-5(6(9)10)8-3-4;;/h2-4,6,8-12,16,21H,5,7,13-15,17H2,1H3,(H,34,40);2-4,6,8-10,15,28H,5,7,11-13H2,1H3,(H,25,31);2,4,6,8-9,12,16H,3,5,7,10-11,13,25H2,1H3,(H,26,27,30);1-3H,(H,9,10);2*1H2/t21-;15-;16-;;;/m000.../s1. The number of fused-ring (bicyclic) bond motifs is 2. The number of amides is 10. The van der Waals surface area contributed by atoms with Gasteiger partial charge in [-0.3, -0.25) is 48.9 Å². The van der Waals surface area contributed by atoms with Crippen LogP contribution in [0.3, 0.4) is 0 Å². The number of imide groups is 2. The van der Waals surface area contributed by atoms with Crippen molar-refractivity contribution < 1.29 is 80.8 Å². The van der Waals surface area contributed by atoms with E-state index in [0.717, 1.165) is 0 Å². The van der Waals surface area contributed by atoms with Crippen molar-refractivity contribution in [1.29, 1.82) is 0 Å². The van der Waals surface area contributed by atoms with Gasteiger partial charge in [-0.05, 0) is 147 Å². The highest BCUT2D eigenvalue weighted by molar-refractivity contribution is 7.59. The minimum atomic E-state index is -1.04. The summed E-state index contributed by atoms with van der Waals surface area (Å²) in [5.74, 6) is -4.57. The number of esters is 1. The second-order valence-electron chi connectivity index (χ2n) is 25.2. The lowest BCUT2D eigenvalue weighted by Gasteiger charge is -2.28. The van der Waals surface area contributed by atoms with Gasteiger partial charge in [0.15, 0.2) is 0 Å². The number of pyridine rings is 3. The Labute approximate surface area is 704 Å². The number of ether oxygens (including phenoxy) is 2. The van der Waals surface area contributed by atoms with Crippen molar-refractivity contribution in [3.8, 4) is 0 Å². The molecule has 0 fully saturated rings. The molecule has 5 aromatic carbocycles. The average molecular weight is 1750 g/mol. The number of aromatic nitrogens is 3. The molecule has 10 rings (SSSR count). The van der Waals surface area contributed by atoms with Crippen LogP contribution in [0.15, 0.2) is 158 Å². The maximum absolute atomic E-state index is 13.8. The van der Waals surface area contributed by atoms with Crippen LogP contribution in [0.25, 0.3) is 0 Å². The Morgan fingerprint density at radius 3 is 1.37 bits per heavy atom. The number of rotatable bonds is 30. The van der Waals surface area contributed by atoms with Crippen molar-refractivity contribution in [2.75, 3.05) is 65.9 Å². The van der Waals surface area contributed by atoms with Crippen molar-refractivity contribution in [2.45, 2.75) is 89.0 Å². The molecule has 0 aliphatic carbocycles. The van der Waals surface area contributed by atoms with E-state index in [4.69, 9.17) is 89.9 Å². The van der Waals surface area contributed by atoms with Crippen molar-refractivity contribution in [1.82, 2.24) is 50.1 Å². The summed E-state index contributed by atoms with van der Waals surface area (Å²) in [6, 6.07) is 33.2. The van der Waals surface area contributed by atoms with E-state index in [9.17, 15) is 66.2 Å². The molecular weight excluding hydrogens is 1660 g/mol. The van der Waals surface area contributed by atoms with Crippen molar-refractivity contribution >= 4 is 162 Å². The normalized spacial score (nSPS) is 12.4. The number of aliphatic hydroxyl groups is 1. The second kappa shape index (κ2) is 47.9. The minimum Gasteiger partial charge on any atom is -0.477 e. The lowest BCUT2D eigenvalue weighted by Crippen LogP contribution is -2.46. The number of hydrogen-bond acceptors (Lipinski definition) is 17. The quantitative estimate of drug-likeness (QED) is 0.0180. The molecule has 8 aromatic rings. The van der Waals surface area contributed by atoms with Crippen LogP contribution in [0.1, 0.15) is 119 Å². The number of nitrogens with zero attached hydrogens (tertiary/aromatic N) is 8. The van der Waals surface area contributed by atoms with Gasteiger partial charge in [-0.1, -0.05) is 130 Å². The number of nitrogens with one attached hydrogen (secondary N) is 3. The molecule has 37 heteroatoms. The zero-order chi connectivity index (χ0) is 82.4. The van der Waals surface area contributed by atoms with E-state index < -0.39 is 59.6 Å². The third-order valence-corrected chi connectivity index (χ3v) is 19.6. The van der Waals surface area contributed by atoms with E-state index in [1.165, 1.54) is 99.6 Å². The molecule has 3 atom stereocenters. The Bertz CT molecular complexity index is 4610. The lowest BCUT2D eigenvalue weighted by atomic mass is 10.1. The Balaban J connectivity index is 0.000000290. The van der Waals surface area contributed by atoms with Crippen LogP contribution in [-0.2, 0) is 45.0 Å². The first kappa shape index (κ1) is 95.8. The van der Waals surface area contributed by atoms with E-state index in [1.54, 1.807) is 104 Å². The largest absolute Gasteiger partial charge is 0.477 e. The van der Waals surface area contributed by atoms with Gasteiger partial charge in [-0.25, -0.2) is 42.3 Å². The van der Waals surface area contributed by atoms with Gasteiger partial charge in [-0.2, -0.15) is 27.0 Å². The molecule has 10 amide bonds. The van der Waals surface area contributed by atoms with Crippen LogP contribution < -0.4 is 21.7 Å². The first-order valence-electron chi connectivity index (χ1n) is 34.9. The third kappa shape index (κ3) is 28.6. The van der Waals surface area contributed by atoms with Gasteiger partial charge in [0.05, 0.1) is 89.2 Å². The fourth-order valence-corrected chi connectivity index (χ4v) is 12.2. The number of carboxylic acids is 1. The minimum absolute atomic E-state index is 0. The van der Waals surface area contributed by atoms with Crippen LogP contribution >= 0.6 is 96.6 Å². The molecule has 26 nitrogen and oxygen atoms in total. The van der Waals surface area contributed by atoms with Gasteiger partial charge in [0.2, 0.25) is 5.91 Å². The molecule has 2 aliphatic rings. The molecule has 115 heavy (non-hydrogen) atoms. The van der Waals surface area contributed by atoms with Gasteiger partial charge in [0.25, 0.3) is 23.6 Å². The predicted octanol–water partition coefficient (Wildman–Crippen LogP) is 13.9. The number of aliphatic hydroxyl groups excluding tert-OH is 1. The topological polar surface area (TPSA) is 347 Å². The zero-order valence-corrected chi connectivity index (χ0v) is 68.6. The molecule has 0 unspecified atom stereocenters. The molecule has 0 saturated carbocycles. The number of carbonyl (C=O) groups excluding carboxylic acids is 9. The number of likely N-dealkylation sites (N-methyl/N-ethyl adjacent to an activating group) is 3. The van der Waals surface area contributed by atoms with E-state index in [0.29, 0.717) is 117 Å². The molecule has 2 aliphatic heterocycles. The maximum atomic E-state index is 13.8. The summed E-state index contributed by atoms with van der Waals surface area (Å²) in [5, 5.41) is 27.1. The average Bonchev–Trinajstić information content (AvgIpc) is 1.65. The van der Waals surface area contributed by atoms with Crippen molar-refractivity contribution in [3.63, 3.8) is 0 Å². The number of benzene rings is 5. The van der Waals surface area contributed by atoms with Crippen LogP contribution in [-0.4, -0.2) is 188 Å². The molecule has 0 saturated heterocycles. The predicted molar refractivity (Wildman–Crippen MR) is 439 cm³/mol. The number of hydrogen-bond donors (Lipinski definition) is 6. The van der Waals surface area contributed by atoms with Crippen LogP contribution in [0.5, 0.6) is 0 Å². The molecule has 3 aromatic heterocycles. The number of nitrogens with two attached hydrogens (primary N) is 1. The summed E-state index contributed by atoms with van der Waals surface area (Å²) in [6.45, 7) is 0.334. The van der Waals surface area contributed by atoms with E-state index in [-0.39, 0.29) is 142 Å². The molecule has 0 bridgehead atoms. The smallest absolute Gasteiger partial charge is 0.412 e. The van der Waals surface area contributed by atoms with Gasteiger partial charge in [0, 0.05) is 72.3 Å². The zero-order valence-electron chi connectivity index (χ0n) is 62.1. The number of halogens is 9. The maximum Gasteiger partial charge on any atom is 0.412 e. The van der Waals surface area contributed by atoms with Gasteiger partial charge < -0.3 is 50.8 Å². The molecule has 0 spiro atoms. The number of anilines is 1. The van der Waals surface area contributed by atoms with Crippen LogP contribution in [0, 0.1) is 17.5 Å². The summed E-state index contributed by atoms with van der Waals surface area (Å²) in [4.78, 5) is 141. The summed E-state index contributed by atoms with van der Waals surface area (Å²) in [5.41, 5.74) is 8.96. The van der Waals surface area contributed by atoms with Crippen LogP contribution in [0.2, 0.25) is 30.1 Å². The van der Waals surface area contributed by atoms with Crippen molar-refractivity contribution in [2.24, 2.45) is 5.73 Å². The highest BCUT2D eigenvalue weighted by Crippen LogP contribution is 2.28. The Morgan fingerprint density at radius 2 is 0.930 bits per heavy atom. The number of aromatic carboxylic acids is 1. The fraction of sp³-hybridized carbons (Fsp3) is 0.295. The van der Waals surface area contributed by atoms with Gasteiger partial charge >= 0.3 is 30.1 Å². The highest BCUT2D eigenvalue weighted by atomic mass is 35.5. The molecule has 5 heterocycles. The van der Waals surface area contributed by atoms with Crippen LogP contribution in [0.4, 0.5) is 33.4 Å². The first-order valence-corrected chi connectivity index (χ1v) is 37.2. The highest BCUT2D eigenvalue weighted by Gasteiger charge is 2.37. The molecule has 0 radical (unpaired) electrons.